The number of halogens is 1. The van der Waals surface area contributed by atoms with Crippen LogP contribution in [0, 0.1) is 0 Å². The molecule has 0 aliphatic rings. The molecule has 2 aromatic rings. The molecule has 5 nitrogen and oxygen atoms in total. The van der Waals surface area contributed by atoms with Crippen LogP contribution in [0.2, 0.25) is 5.02 Å². The SMILES string of the molecule is O=C(Nc1cccc(Cl)c1C(=O)O)c1ccc(CO)cc1. The molecule has 2 aromatic carbocycles. The molecule has 0 heterocycles. The Bertz CT molecular complexity index is 683. The molecule has 6 heteroatoms. The third-order valence-electron chi connectivity index (χ3n) is 2.87. The Kier molecular flexibility index (Phi) is 4.57. The van der Waals surface area contributed by atoms with Gasteiger partial charge in [0.05, 0.1) is 17.3 Å². The number of carbonyl (C=O) groups excluding carboxylic acids is 1. The maximum absolute atomic E-state index is 12.1. The van der Waals surface area contributed by atoms with E-state index in [9.17, 15) is 9.59 Å². The number of carboxylic acid groups (broad SMARTS) is 1. The van der Waals surface area contributed by atoms with Crippen molar-refractivity contribution in [1.82, 2.24) is 0 Å². The van der Waals surface area contributed by atoms with Gasteiger partial charge in [-0.2, -0.15) is 0 Å². The second kappa shape index (κ2) is 6.39. The number of hydrogen-bond donors (Lipinski definition) is 3. The lowest BCUT2D eigenvalue weighted by Crippen LogP contribution is -2.15. The monoisotopic (exact) mass is 305 g/mol. The fraction of sp³-hybridized carbons (Fsp3) is 0.0667. The van der Waals surface area contributed by atoms with Crippen LogP contribution in [0.25, 0.3) is 0 Å². The van der Waals surface area contributed by atoms with E-state index in [2.05, 4.69) is 5.32 Å². The minimum atomic E-state index is -1.22. The highest BCUT2D eigenvalue weighted by molar-refractivity contribution is 6.34. The highest BCUT2D eigenvalue weighted by Gasteiger charge is 2.16. The van der Waals surface area contributed by atoms with Gasteiger partial charge in [-0.15, -0.1) is 0 Å². The molecule has 0 unspecified atom stereocenters. The van der Waals surface area contributed by atoms with Crippen LogP contribution in [0.3, 0.4) is 0 Å². The molecule has 0 saturated carbocycles. The van der Waals surface area contributed by atoms with Gasteiger partial charge < -0.3 is 15.5 Å². The van der Waals surface area contributed by atoms with Crippen molar-refractivity contribution in [2.75, 3.05) is 5.32 Å². The first-order valence-electron chi connectivity index (χ1n) is 6.06. The van der Waals surface area contributed by atoms with Gasteiger partial charge in [0.25, 0.3) is 5.91 Å². The second-order valence-electron chi connectivity index (χ2n) is 4.28. The van der Waals surface area contributed by atoms with E-state index in [1.807, 2.05) is 0 Å². The van der Waals surface area contributed by atoms with E-state index in [0.29, 0.717) is 11.1 Å². The largest absolute Gasteiger partial charge is 0.478 e. The Balaban J connectivity index is 2.27. The zero-order valence-electron chi connectivity index (χ0n) is 10.8. The van der Waals surface area contributed by atoms with Gasteiger partial charge in [0.1, 0.15) is 5.56 Å². The van der Waals surface area contributed by atoms with Gasteiger partial charge in [0.2, 0.25) is 0 Å². The molecule has 0 aromatic heterocycles. The Morgan fingerprint density at radius 1 is 1.10 bits per heavy atom. The summed E-state index contributed by atoms with van der Waals surface area (Å²) in [5, 5.41) is 20.7. The van der Waals surface area contributed by atoms with Crippen LogP contribution >= 0.6 is 11.6 Å². The summed E-state index contributed by atoms with van der Waals surface area (Å²) in [6, 6.07) is 10.8. The Morgan fingerprint density at radius 3 is 2.33 bits per heavy atom. The van der Waals surface area contributed by atoms with Crippen LogP contribution in [0.4, 0.5) is 5.69 Å². The molecule has 3 N–H and O–H groups in total. The molecule has 2 rings (SSSR count). The molecule has 0 spiro atoms. The van der Waals surface area contributed by atoms with E-state index in [-0.39, 0.29) is 22.9 Å². The van der Waals surface area contributed by atoms with Crippen LogP contribution in [0.15, 0.2) is 42.5 Å². The van der Waals surface area contributed by atoms with E-state index in [1.54, 1.807) is 30.3 Å². The van der Waals surface area contributed by atoms with Crippen LogP contribution in [0.1, 0.15) is 26.3 Å². The van der Waals surface area contributed by atoms with E-state index < -0.39 is 11.9 Å². The molecule has 0 aliphatic heterocycles. The molecule has 0 bridgehead atoms. The molecular weight excluding hydrogens is 294 g/mol. The summed E-state index contributed by atoms with van der Waals surface area (Å²) in [6.07, 6.45) is 0. The summed E-state index contributed by atoms with van der Waals surface area (Å²) in [7, 11) is 0. The first-order valence-corrected chi connectivity index (χ1v) is 6.43. The standard InChI is InChI=1S/C15H12ClNO4/c16-11-2-1-3-12(13(11)15(20)21)17-14(19)10-6-4-9(8-18)5-7-10/h1-7,18H,8H2,(H,17,19)(H,20,21). The normalized spacial score (nSPS) is 10.2. The van der Waals surface area contributed by atoms with Crippen molar-refractivity contribution in [3.05, 3.63) is 64.2 Å². The van der Waals surface area contributed by atoms with Gasteiger partial charge in [0, 0.05) is 5.56 Å². The van der Waals surface area contributed by atoms with E-state index in [1.165, 1.54) is 12.1 Å². The number of anilines is 1. The summed E-state index contributed by atoms with van der Waals surface area (Å²) in [5.41, 5.74) is 1.01. The molecule has 1 amide bonds. The molecule has 0 atom stereocenters. The molecule has 0 radical (unpaired) electrons. The smallest absolute Gasteiger partial charge is 0.339 e. The zero-order chi connectivity index (χ0) is 15.4. The minimum Gasteiger partial charge on any atom is -0.478 e. The summed E-state index contributed by atoms with van der Waals surface area (Å²) in [4.78, 5) is 23.3. The highest BCUT2D eigenvalue weighted by Crippen LogP contribution is 2.24. The van der Waals surface area contributed by atoms with Gasteiger partial charge in [0.15, 0.2) is 0 Å². The number of hydrogen-bond acceptors (Lipinski definition) is 3. The average Bonchev–Trinajstić information content (AvgIpc) is 2.47. The van der Waals surface area contributed by atoms with Gasteiger partial charge in [-0.3, -0.25) is 4.79 Å². The fourth-order valence-electron chi connectivity index (χ4n) is 1.80. The summed E-state index contributed by atoms with van der Waals surface area (Å²) < 4.78 is 0. The average molecular weight is 306 g/mol. The number of benzene rings is 2. The van der Waals surface area contributed by atoms with Crippen molar-refractivity contribution in [3.8, 4) is 0 Å². The molecule has 21 heavy (non-hydrogen) atoms. The van der Waals surface area contributed by atoms with Gasteiger partial charge >= 0.3 is 5.97 Å². The van der Waals surface area contributed by atoms with Crippen LogP contribution in [-0.2, 0) is 6.61 Å². The van der Waals surface area contributed by atoms with E-state index in [4.69, 9.17) is 21.8 Å². The number of carbonyl (C=O) groups is 2. The van der Waals surface area contributed by atoms with Gasteiger partial charge in [-0.1, -0.05) is 29.8 Å². The molecular formula is C15H12ClNO4. The van der Waals surface area contributed by atoms with Crippen molar-refractivity contribution in [3.63, 3.8) is 0 Å². The summed E-state index contributed by atoms with van der Waals surface area (Å²) >= 11 is 5.83. The molecule has 0 fully saturated rings. The third kappa shape index (κ3) is 3.39. The van der Waals surface area contributed by atoms with E-state index >= 15 is 0 Å². The van der Waals surface area contributed by atoms with Crippen molar-refractivity contribution >= 4 is 29.2 Å². The maximum atomic E-state index is 12.1. The number of aliphatic hydroxyl groups is 1. The maximum Gasteiger partial charge on any atom is 0.339 e. The number of rotatable bonds is 4. The van der Waals surface area contributed by atoms with Crippen LogP contribution < -0.4 is 5.32 Å². The molecule has 0 saturated heterocycles. The first-order chi connectivity index (χ1) is 10.0. The lowest BCUT2D eigenvalue weighted by atomic mass is 10.1. The third-order valence-corrected chi connectivity index (χ3v) is 3.19. The topological polar surface area (TPSA) is 86.6 Å². The lowest BCUT2D eigenvalue weighted by molar-refractivity contribution is 0.0698. The Hall–Kier alpha value is -2.37. The van der Waals surface area contributed by atoms with Crippen LogP contribution in [-0.4, -0.2) is 22.1 Å². The first kappa shape index (κ1) is 15.0. The van der Waals surface area contributed by atoms with Gasteiger partial charge in [-0.05, 0) is 29.8 Å². The number of carboxylic acids is 1. The number of aromatic carboxylic acids is 1. The Morgan fingerprint density at radius 2 is 1.76 bits per heavy atom. The molecule has 108 valence electrons. The van der Waals surface area contributed by atoms with Crippen molar-refractivity contribution in [1.29, 1.82) is 0 Å². The summed E-state index contributed by atoms with van der Waals surface area (Å²) in [6.45, 7) is -0.112. The summed E-state index contributed by atoms with van der Waals surface area (Å²) in [5.74, 6) is -1.67. The quantitative estimate of drug-likeness (QED) is 0.810. The Labute approximate surface area is 125 Å². The van der Waals surface area contributed by atoms with E-state index in [0.717, 1.165) is 0 Å². The predicted octanol–water partition coefficient (Wildman–Crippen LogP) is 2.78. The van der Waals surface area contributed by atoms with Crippen molar-refractivity contribution in [2.24, 2.45) is 0 Å². The van der Waals surface area contributed by atoms with Crippen molar-refractivity contribution < 1.29 is 19.8 Å². The highest BCUT2D eigenvalue weighted by atomic mass is 35.5. The number of nitrogens with one attached hydrogen (secondary N) is 1. The predicted molar refractivity (Wildman–Crippen MR) is 78.7 cm³/mol. The fourth-order valence-corrected chi connectivity index (χ4v) is 2.06. The van der Waals surface area contributed by atoms with Crippen LogP contribution in [0.5, 0.6) is 0 Å². The van der Waals surface area contributed by atoms with Crippen molar-refractivity contribution in [2.45, 2.75) is 6.61 Å². The number of aliphatic hydroxyl groups excluding tert-OH is 1. The zero-order valence-corrected chi connectivity index (χ0v) is 11.6. The van der Waals surface area contributed by atoms with Gasteiger partial charge in [-0.25, -0.2) is 4.79 Å². The lowest BCUT2D eigenvalue weighted by Gasteiger charge is -2.10. The molecule has 0 aliphatic carbocycles. The second-order valence-corrected chi connectivity index (χ2v) is 4.68. The number of amides is 1. The minimum absolute atomic E-state index is 0.0518.